The number of hydrogen-bond donors (Lipinski definition) is 1. The molecule has 0 radical (unpaired) electrons. The molecule has 1 aromatic heterocycles. The molecule has 2 heterocycles. The Kier molecular flexibility index (Phi) is 4.50. The third kappa shape index (κ3) is 2.91. The van der Waals surface area contributed by atoms with Gasteiger partial charge in [0.25, 0.3) is 5.56 Å². The van der Waals surface area contributed by atoms with Crippen LogP contribution in [0.4, 0.5) is 10.1 Å². The third-order valence-electron chi connectivity index (χ3n) is 3.68. The molecule has 1 unspecified atom stereocenters. The van der Waals surface area contributed by atoms with E-state index >= 15 is 0 Å². The zero-order valence-electron chi connectivity index (χ0n) is 11.6. The maximum Gasteiger partial charge on any atom is 0.276 e. The Morgan fingerprint density at radius 2 is 1.87 bits per heavy atom. The van der Waals surface area contributed by atoms with Gasteiger partial charge in [-0.2, -0.15) is 0 Å². The summed E-state index contributed by atoms with van der Waals surface area (Å²) in [4.78, 5) is 12.5. The summed E-state index contributed by atoms with van der Waals surface area (Å²) in [6.45, 7) is 1.07. The van der Waals surface area contributed by atoms with Gasteiger partial charge in [-0.05, 0) is 25.0 Å². The molecule has 3 rings (SSSR count). The van der Waals surface area contributed by atoms with Crippen LogP contribution in [0.15, 0.2) is 16.9 Å². The number of nitrogens with one attached hydrogen (secondary N) is 1. The van der Waals surface area contributed by atoms with E-state index in [0.29, 0.717) is 13.1 Å². The molecule has 2 aromatic rings. The zero-order valence-corrected chi connectivity index (χ0v) is 14.0. The molecule has 1 aliphatic heterocycles. The van der Waals surface area contributed by atoms with Gasteiger partial charge in [0.2, 0.25) is 0 Å². The number of aromatic nitrogens is 2. The summed E-state index contributed by atoms with van der Waals surface area (Å²) in [5.74, 6) is -0.750. The molecule has 0 bridgehead atoms. The number of halogens is 3. The number of benzene rings is 1. The quantitative estimate of drug-likeness (QED) is 0.833. The van der Waals surface area contributed by atoms with Crippen LogP contribution in [-0.4, -0.2) is 18.1 Å². The Hall–Kier alpha value is -1.35. The lowest BCUT2D eigenvalue weighted by Gasteiger charge is -2.17. The fraction of sp³-hybridized carbons (Fsp3) is 0.308. The molecule has 0 saturated carbocycles. The molecule has 23 heavy (non-hydrogen) atoms. The molecule has 1 N–H and O–H groups in total. The van der Waals surface area contributed by atoms with Crippen LogP contribution >= 0.6 is 23.2 Å². The van der Waals surface area contributed by atoms with Crippen molar-refractivity contribution in [1.29, 1.82) is 0 Å². The SMILES string of the molecule is O=c1c(-c2cc(NS(=O)[O-])c(Cl)cc2F)c(Cl)n2n1CCCC2. The predicted octanol–water partition coefficient (Wildman–Crippen LogP) is 2.76. The van der Waals surface area contributed by atoms with E-state index in [1.165, 1.54) is 10.7 Å². The van der Waals surface area contributed by atoms with E-state index in [1.54, 1.807) is 4.68 Å². The lowest BCUT2D eigenvalue weighted by atomic mass is 10.1. The molecule has 0 amide bonds. The van der Waals surface area contributed by atoms with E-state index in [0.717, 1.165) is 18.9 Å². The van der Waals surface area contributed by atoms with Crippen LogP contribution in [0.2, 0.25) is 10.2 Å². The minimum atomic E-state index is -2.63. The van der Waals surface area contributed by atoms with Gasteiger partial charge in [0.1, 0.15) is 11.0 Å². The van der Waals surface area contributed by atoms with Gasteiger partial charge in [0, 0.05) is 29.9 Å². The topological polar surface area (TPSA) is 79.1 Å². The van der Waals surface area contributed by atoms with E-state index in [1.807, 2.05) is 0 Å². The van der Waals surface area contributed by atoms with Crippen molar-refractivity contribution >= 4 is 40.2 Å². The Balaban J connectivity index is 2.21. The molecule has 0 saturated heterocycles. The van der Waals surface area contributed by atoms with Crippen LogP contribution in [0.3, 0.4) is 0 Å². The van der Waals surface area contributed by atoms with E-state index in [9.17, 15) is 17.9 Å². The summed E-state index contributed by atoms with van der Waals surface area (Å²) in [7, 11) is 0. The lowest BCUT2D eigenvalue weighted by Crippen LogP contribution is -2.27. The molecule has 6 nitrogen and oxygen atoms in total. The van der Waals surface area contributed by atoms with Crippen LogP contribution in [0, 0.1) is 5.82 Å². The summed E-state index contributed by atoms with van der Waals surface area (Å²) in [6.07, 6.45) is 1.71. The van der Waals surface area contributed by atoms with E-state index in [2.05, 4.69) is 4.72 Å². The summed E-state index contributed by atoms with van der Waals surface area (Å²) in [6, 6.07) is 2.12. The number of rotatable bonds is 3. The highest BCUT2D eigenvalue weighted by molar-refractivity contribution is 7.80. The second-order valence-electron chi connectivity index (χ2n) is 5.07. The van der Waals surface area contributed by atoms with Gasteiger partial charge in [-0.3, -0.25) is 13.7 Å². The second kappa shape index (κ2) is 6.27. The summed E-state index contributed by atoms with van der Waals surface area (Å²) >= 11 is 9.44. The molecule has 1 atom stereocenters. The van der Waals surface area contributed by atoms with Crippen LogP contribution in [-0.2, 0) is 24.4 Å². The first kappa shape index (κ1) is 16.5. The molecular formula is C13H11Cl2FN3O3S-. The molecular weight excluding hydrogens is 368 g/mol. The Labute approximate surface area is 143 Å². The Morgan fingerprint density at radius 3 is 2.48 bits per heavy atom. The minimum Gasteiger partial charge on any atom is -0.755 e. The van der Waals surface area contributed by atoms with Crippen molar-refractivity contribution in [2.24, 2.45) is 0 Å². The standard InChI is InChI=1S/C13H12Cl2FN3O3S/c14-8-6-9(16)7(5-10(8)17-23(21)22)11-12(15)18-3-1-2-4-19(18)13(11)20/h5-6,17H,1-4H2,(H,21,22)/p-1. The highest BCUT2D eigenvalue weighted by Gasteiger charge is 2.24. The van der Waals surface area contributed by atoms with Crippen molar-refractivity contribution in [1.82, 2.24) is 9.36 Å². The summed E-state index contributed by atoms with van der Waals surface area (Å²) < 4.78 is 41.0. The van der Waals surface area contributed by atoms with Crippen molar-refractivity contribution in [3.63, 3.8) is 0 Å². The first-order valence-electron chi connectivity index (χ1n) is 6.74. The van der Waals surface area contributed by atoms with Crippen LogP contribution in [0.1, 0.15) is 12.8 Å². The van der Waals surface area contributed by atoms with Crippen LogP contribution in [0.25, 0.3) is 11.1 Å². The smallest absolute Gasteiger partial charge is 0.276 e. The van der Waals surface area contributed by atoms with Gasteiger partial charge >= 0.3 is 0 Å². The fourth-order valence-corrected chi connectivity index (χ4v) is 3.62. The Morgan fingerprint density at radius 1 is 1.22 bits per heavy atom. The maximum atomic E-state index is 14.3. The molecule has 0 fully saturated rings. The summed E-state index contributed by atoms with van der Waals surface area (Å²) in [5, 5.41) is 0.0146. The first-order valence-corrected chi connectivity index (χ1v) is 8.57. The maximum absolute atomic E-state index is 14.3. The van der Waals surface area contributed by atoms with E-state index in [4.69, 9.17) is 23.2 Å². The van der Waals surface area contributed by atoms with Gasteiger partial charge in [-0.15, -0.1) is 0 Å². The van der Waals surface area contributed by atoms with E-state index < -0.39 is 22.6 Å². The fourth-order valence-electron chi connectivity index (χ4n) is 2.66. The minimum absolute atomic E-state index is 0.00228. The largest absolute Gasteiger partial charge is 0.755 e. The van der Waals surface area contributed by atoms with Crippen molar-refractivity contribution in [2.45, 2.75) is 25.9 Å². The molecule has 0 spiro atoms. The normalized spacial score (nSPS) is 15.3. The van der Waals surface area contributed by atoms with Crippen molar-refractivity contribution < 1.29 is 13.2 Å². The highest BCUT2D eigenvalue weighted by Crippen LogP contribution is 2.34. The lowest BCUT2D eigenvalue weighted by molar-refractivity contribution is 0.356. The van der Waals surface area contributed by atoms with Crippen LogP contribution < -0.4 is 10.3 Å². The number of anilines is 1. The average molecular weight is 379 g/mol. The average Bonchev–Trinajstić information content (AvgIpc) is 2.74. The van der Waals surface area contributed by atoms with Gasteiger partial charge in [-0.1, -0.05) is 23.2 Å². The number of hydrogen-bond acceptors (Lipinski definition) is 3. The molecule has 124 valence electrons. The van der Waals surface area contributed by atoms with Crippen molar-refractivity contribution in [2.75, 3.05) is 4.72 Å². The highest BCUT2D eigenvalue weighted by atomic mass is 35.5. The monoisotopic (exact) mass is 378 g/mol. The summed E-state index contributed by atoms with van der Waals surface area (Å²) in [5.41, 5.74) is -0.527. The number of nitrogens with zero attached hydrogens (tertiary/aromatic N) is 2. The molecule has 1 aromatic carbocycles. The third-order valence-corrected chi connectivity index (χ3v) is 4.77. The van der Waals surface area contributed by atoms with Crippen molar-refractivity contribution in [3.05, 3.63) is 38.5 Å². The zero-order chi connectivity index (χ0) is 16.7. The molecule has 1 aliphatic rings. The van der Waals surface area contributed by atoms with Crippen molar-refractivity contribution in [3.8, 4) is 11.1 Å². The Bertz CT molecular complexity index is 865. The predicted molar refractivity (Wildman–Crippen MR) is 85.9 cm³/mol. The van der Waals surface area contributed by atoms with Crippen LogP contribution in [0.5, 0.6) is 0 Å². The van der Waals surface area contributed by atoms with E-state index in [-0.39, 0.29) is 27.0 Å². The van der Waals surface area contributed by atoms with Gasteiger partial charge in [0.05, 0.1) is 16.3 Å². The van der Waals surface area contributed by atoms with Gasteiger partial charge in [-0.25, -0.2) is 9.07 Å². The molecule has 0 aliphatic carbocycles. The first-order chi connectivity index (χ1) is 10.9. The number of fused-ring (bicyclic) bond motifs is 1. The molecule has 10 heteroatoms. The van der Waals surface area contributed by atoms with Gasteiger partial charge < -0.3 is 9.27 Å². The van der Waals surface area contributed by atoms with Gasteiger partial charge in [0.15, 0.2) is 0 Å². The second-order valence-corrected chi connectivity index (χ2v) is 6.51.